The first-order chi connectivity index (χ1) is 61.8. The van der Waals surface area contributed by atoms with E-state index < -0.39 is 0 Å². The molecule has 8 nitrogen and oxygen atoms in total. The Hall–Kier alpha value is -13.0. The van der Waals surface area contributed by atoms with Gasteiger partial charge in [-0.3, -0.25) is 0 Å². The molecule has 0 fully saturated rings. The van der Waals surface area contributed by atoms with E-state index in [9.17, 15) is 0 Å². The Morgan fingerprint density at radius 2 is 0.500 bits per heavy atom. The third kappa shape index (κ3) is 19.0. The summed E-state index contributed by atoms with van der Waals surface area (Å²) in [5.74, 6) is 0. The standard InChI is InChI=1S/C34H42N2.2C30H34N2.C28H30N2/c1-24-17-18-28(26(3)21-24)30-15-12-16-31(36(30)9)34(7,29-14-11-10-13-25(29)2)32-22-27(19-20-35(32)8)23-33(4,5)6;1-21-16-17-31(6)28(19-21)30(5,26-15-11-9-13-24(26)4)29-20-22(2)18-27(32(29)7)25-14-10-8-12-23(25)3;1-21-15-17-25(24(4)19-21)27-11-10-13-29(32(27)7)30(5,28-12-8-9-18-31(28)6)26-20-22(2)14-16-23(26)3;1-21-13-6-8-15-23(21)25-17-12-19-27(30(25)5)28(3,24-16-9-7-14-22(24)2)26-18-10-11-20-29(26)4/h10-22H,23H2,1-9H3;2*8-20H,1-7H3;6-20H,1-5H3/q4*+2. The molecule has 0 amide bonds. The molecule has 0 aliphatic carbocycles. The van der Waals surface area contributed by atoms with Crippen molar-refractivity contribution in [3.8, 4) is 45.0 Å². The minimum absolute atomic E-state index is 0.226. The predicted octanol–water partition coefficient (Wildman–Crippen LogP) is 23.0. The summed E-state index contributed by atoms with van der Waals surface area (Å²) >= 11 is 0. The van der Waals surface area contributed by atoms with Gasteiger partial charge in [0, 0.05) is 119 Å². The largest absolute Gasteiger partial charge is 0.213 e. The van der Waals surface area contributed by atoms with Crippen molar-refractivity contribution >= 4 is 0 Å². The molecular weight excluding hydrogens is 1580 g/mol. The Labute approximate surface area is 778 Å². The number of pyridine rings is 8. The molecule has 16 aromatic rings. The van der Waals surface area contributed by atoms with Crippen molar-refractivity contribution < 1.29 is 36.5 Å². The summed E-state index contributed by atoms with van der Waals surface area (Å²) in [6.45, 7) is 45.0. The second-order valence-corrected chi connectivity index (χ2v) is 38.8. The lowest BCUT2D eigenvalue weighted by Crippen LogP contribution is -2.50. The van der Waals surface area contributed by atoms with Crippen molar-refractivity contribution in [1.82, 2.24) is 0 Å². The number of nitrogens with zero attached hydrogens (tertiary/aromatic N) is 8. The van der Waals surface area contributed by atoms with Gasteiger partial charge >= 0.3 is 0 Å². The minimum atomic E-state index is -0.350. The van der Waals surface area contributed by atoms with E-state index in [0.717, 1.165) is 6.42 Å². The third-order valence-electron chi connectivity index (χ3n) is 27.7. The second-order valence-electron chi connectivity index (χ2n) is 38.8. The van der Waals surface area contributed by atoms with Crippen molar-refractivity contribution in [2.24, 2.45) is 61.8 Å². The number of hydrogen-bond donors (Lipinski definition) is 0. The molecule has 0 N–H and O–H groups in total. The summed E-state index contributed by atoms with van der Waals surface area (Å²) in [7, 11) is 17.4. The van der Waals surface area contributed by atoms with Crippen LogP contribution in [0.1, 0.15) is 194 Å². The molecule has 0 aliphatic heterocycles. The molecule has 0 radical (unpaired) electrons. The predicted molar refractivity (Wildman–Crippen MR) is 535 cm³/mol. The molecule has 4 atom stereocenters. The van der Waals surface area contributed by atoms with E-state index in [2.05, 4.69) is 559 Å². The minimum Gasteiger partial charge on any atom is -0.204 e. The molecule has 16 rings (SSSR count). The van der Waals surface area contributed by atoms with Crippen LogP contribution in [-0.2, 0) is 84.5 Å². The summed E-state index contributed by atoms with van der Waals surface area (Å²) in [6, 6.07) is 111. The molecule has 4 unspecified atom stereocenters. The van der Waals surface area contributed by atoms with Crippen LogP contribution in [-0.4, -0.2) is 0 Å². The first-order valence-electron chi connectivity index (χ1n) is 46.2. The lowest BCUT2D eigenvalue weighted by Gasteiger charge is -2.28. The molecule has 0 aliphatic rings. The number of aromatic nitrogens is 8. The summed E-state index contributed by atoms with van der Waals surface area (Å²) in [5, 5.41) is 0. The van der Waals surface area contributed by atoms with Gasteiger partial charge in [-0.05, 0) is 255 Å². The van der Waals surface area contributed by atoms with Crippen molar-refractivity contribution in [2.75, 3.05) is 0 Å². The maximum atomic E-state index is 2.43. The molecular formula is C122H140N8+8. The number of benzene rings is 8. The van der Waals surface area contributed by atoms with Gasteiger partial charge in [-0.2, -0.15) is 18.3 Å². The SMILES string of the molecule is Cc1cc[n+](C)c(C(C)(c2ccccc2C)c2cc(C)cc(-c3ccccc3C)[n+]2C)c1.Cc1ccc(-c2cccc(C(C)(c3cc(C)ccc3C)c3cccc[n+]3C)[n+]2C)c(C)c1.Cc1ccc(-c2cccc(C(C)(c3ccccc3C)c3cc(CC(C)(C)C)cc[n+]3C)[n+]2C)c(C)c1.Cc1ccccc1-c1cccc(C(C)(c2ccccc2C)c2cccc[n+]2C)[n+]1C. The van der Waals surface area contributed by atoms with E-state index in [4.69, 9.17) is 0 Å². The molecule has 0 spiro atoms. The van der Waals surface area contributed by atoms with Crippen LogP contribution in [0, 0.1) is 95.4 Å². The average molecular weight is 1720 g/mol. The third-order valence-corrected chi connectivity index (χ3v) is 27.7. The fourth-order valence-corrected chi connectivity index (χ4v) is 20.9. The normalized spacial score (nSPS) is 13.2. The highest BCUT2D eigenvalue weighted by atomic mass is 15.0. The van der Waals surface area contributed by atoms with Crippen molar-refractivity contribution in [3.63, 3.8) is 0 Å². The number of aryl methyl sites for hydroxylation is 17. The molecule has 0 saturated carbocycles. The monoisotopic (exact) mass is 1720 g/mol. The van der Waals surface area contributed by atoms with Crippen molar-refractivity contribution in [2.45, 2.75) is 167 Å². The molecule has 660 valence electrons. The van der Waals surface area contributed by atoms with Crippen LogP contribution >= 0.6 is 0 Å². The Morgan fingerprint density at radius 3 is 0.915 bits per heavy atom. The van der Waals surface area contributed by atoms with Crippen LogP contribution in [0.15, 0.2) is 328 Å². The molecule has 0 bridgehead atoms. The maximum Gasteiger partial charge on any atom is 0.213 e. The Morgan fingerprint density at radius 1 is 0.192 bits per heavy atom. The zero-order valence-corrected chi connectivity index (χ0v) is 83.0. The topological polar surface area (TPSA) is 31.0 Å². The van der Waals surface area contributed by atoms with Gasteiger partial charge in [0.05, 0.1) is 0 Å². The van der Waals surface area contributed by atoms with E-state index in [-0.39, 0.29) is 27.1 Å². The van der Waals surface area contributed by atoms with Crippen LogP contribution in [0.4, 0.5) is 0 Å². The second kappa shape index (κ2) is 39.1. The molecule has 8 aromatic heterocycles. The fraction of sp³-hybridized carbons (Fsp3) is 0.279. The number of hydrogen-bond acceptors (Lipinski definition) is 0. The molecule has 0 saturated heterocycles. The van der Waals surface area contributed by atoms with Crippen LogP contribution in [0.25, 0.3) is 45.0 Å². The van der Waals surface area contributed by atoms with Crippen molar-refractivity contribution in [3.05, 3.63) is 474 Å². The van der Waals surface area contributed by atoms with Gasteiger partial charge in [0.1, 0.15) is 56.4 Å². The van der Waals surface area contributed by atoms with Gasteiger partial charge in [0.25, 0.3) is 0 Å². The molecule has 8 aromatic carbocycles. The van der Waals surface area contributed by atoms with E-state index in [0.29, 0.717) is 0 Å². The molecule has 130 heavy (non-hydrogen) atoms. The highest BCUT2D eigenvalue weighted by molar-refractivity contribution is 5.66. The van der Waals surface area contributed by atoms with Gasteiger partial charge < -0.3 is 0 Å². The van der Waals surface area contributed by atoms with Crippen LogP contribution in [0.3, 0.4) is 0 Å². The van der Waals surface area contributed by atoms with Crippen LogP contribution < -0.4 is 36.5 Å². The molecule has 8 heteroatoms. The average Bonchev–Trinajstić information content (AvgIpc) is 0.749. The highest BCUT2D eigenvalue weighted by Crippen LogP contribution is 2.44. The maximum absolute atomic E-state index is 2.43. The Balaban J connectivity index is 0.000000148. The van der Waals surface area contributed by atoms with Crippen LogP contribution in [0.5, 0.6) is 0 Å². The highest BCUT2D eigenvalue weighted by Gasteiger charge is 2.51. The van der Waals surface area contributed by atoms with Gasteiger partial charge in [-0.1, -0.05) is 201 Å². The summed E-state index contributed by atoms with van der Waals surface area (Å²) < 4.78 is 18.6. The summed E-state index contributed by atoms with van der Waals surface area (Å²) in [5.41, 5.74) is 42.7. The van der Waals surface area contributed by atoms with Gasteiger partial charge in [-0.15, -0.1) is 0 Å². The first-order valence-corrected chi connectivity index (χ1v) is 46.2. The van der Waals surface area contributed by atoms with Crippen molar-refractivity contribution in [1.29, 1.82) is 0 Å². The summed E-state index contributed by atoms with van der Waals surface area (Å²) in [6.07, 6.45) is 9.74. The Bertz CT molecular complexity index is 6810. The zero-order valence-electron chi connectivity index (χ0n) is 83.0. The van der Waals surface area contributed by atoms with Crippen LogP contribution in [0.2, 0.25) is 0 Å². The van der Waals surface area contributed by atoms with E-state index in [1.807, 2.05) is 0 Å². The van der Waals surface area contributed by atoms with Gasteiger partial charge in [-0.25, -0.2) is 18.3 Å². The van der Waals surface area contributed by atoms with Gasteiger partial charge in [0.15, 0.2) is 46.4 Å². The Kier molecular flexibility index (Phi) is 28.4. The lowest BCUT2D eigenvalue weighted by atomic mass is 9.73. The smallest absolute Gasteiger partial charge is 0.204 e. The number of rotatable bonds is 17. The summed E-state index contributed by atoms with van der Waals surface area (Å²) in [4.78, 5) is 0. The van der Waals surface area contributed by atoms with E-state index >= 15 is 0 Å². The first kappa shape index (κ1) is 94.6. The quantitative estimate of drug-likeness (QED) is 0.0814. The van der Waals surface area contributed by atoms with Gasteiger partial charge in [0.2, 0.25) is 68.3 Å². The fourth-order valence-electron chi connectivity index (χ4n) is 20.9. The van der Waals surface area contributed by atoms with E-state index in [1.165, 1.54) is 191 Å². The lowest BCUT2D eigenvalue weighted by molar-refractivity contribution is -0.692. The zero-order chi connectivity index (χ0) is 93.6. The molecule has 8 heterocycles. The van der Waals surface area contributed by atoms with E-state index in [1.54, 1.807) is 0 Å².